The molecule has 3 aromatic rings. The Hall–Kier alpha value is -2.53. The molecule has 2 heterocycles. The van der Waals surface area contributed by atoms with Crippen LogP contribution >= 0.6 is 11.3 Å². The normalized spacial score (nSPS) is 11.9. The molecule has 0 aliphatic carbocycles. The van der Waals surface area contributed by atoms with E-state index in [0.717, 1.165) is 16.3 Å². The van der Waals surface area contributed by atoms with E-state index in [9.17, 15) is 4.79 Å². The molecule has 0 fully saturated rings. The van der Waals surface area contributed by atoms with Gasteiger partial charge in [-0.25, -0.2) is 4.98 Å². The third kappa shape index (κ3) is 3.68. The Balaban J connectivity index is 1.92. The van der Waals surface area contributed by atoms with Crippen LogP contribution in [0.5, 0.6) is 0 Å². The van der Waals surface area contributed by atoms with Gasteiger partial charge < -0.3 is 4.90 Å². The minimum Gasteiger partial charge on any atom is -0.325 e. The summed E-state index contributed by atoms with van der Waals surface area (Å²) in [6.07, 6.45) is 1.75. The Morgan fingerprint density at radius 3 is 2.54 bits per heavy atom. The third-order valence-corrected chi connectivity index (χ3v) is 4.65. The van der Waals surface area contributed by atoms with Crippen LogP contribution in [-0.4, -0.2) is 20.8 Å². The van der Waals surface area contributed by atoms with E-state index < -0.39 is 0 Å². The standard InChI is InChI=1S/C19H19N3OS/c1-14(17-10-6-7-11-20-17)22(12-16-8-4-3-5-9-16)19(23)18-13-24-15(2)21-18/h3-11,13-14H,12H2,1-2H3/t14-/m0/s1. The van der Waals surface area contributed by atoms with Crippen molar-refractivity contribution in [2.75, 3.05) is 0 Å². The number of aromatic nitrogens is 2. The van der Waals surface area contributed by atoms with Gasteiger partial charge in [0.15, 0.2) is 0 Å². The SMILES string of the molecule is Cc1nc(C(=O)N(Cc2ccccc2)[C@@H](C)c2ccccn2)cs1. The van der Waals surface area contributed by atoms with Crippen LogP contribution in [0.4, 0.5) is 0 Å². The second-order valence-corrected chi connectivity index (χ2v) is 6.66. The third-order valence-electron chi connectivity index (χ3n) is 3.88. The molecule has 4 nitrogen and oxygen atoms in total. The first-order valence-corrected chi connectivity index (χ1v) is 8.71. The summed E-state index contributed by atoms with van der Waals surface area (Å²) in [5, 5.41) is 2.71. The Labute approximate surface area is 145 Å². The molecule has 24 heavy (non-hydrogen) atoms. The van der Waals surface area contributed by atoms with E-state index in [2.05, 4.69) is 9.97 Å². The summed E-state index contributed by atoms with van der Waals surface area (Å²) in [6.45, 7) is 4.43. The molecule has 0 saturated heterocycles. The molecular formula is C19H19N3OS. The predicted octanol–water partition coefficient (Wildman–Crippen LogP) is 4.25. The molecule has 0 aliphatic heterocycles. The quantitative estimate of drug-likeness (QED) is 0.699. The van der Waals surface area contributed by atoms with Crippen LogP contribution in [0.15, 0.2) is 60.1 Å². The first-order chi connectivity index (χ1) is 11.6. The second kappa shape index (κ2) is 7.36. The molecule has 0 saturated carbocycles. The highest BCUT2D eigenvalue weighted by Gasteiger charge is 2.25. The van der Waals surface area contributed by atoms with E-state index in [-0.39, 0.29) is 11.9 Å². The first-order valence-electron chi connectivity index (χ1n) is 7.83. The molecule has 0 radical (unpaired) electrons. The molecule has 1 aromatic carbocycles. The van der Waals surface area contributed by atoms with Gasteiger partial charge in [-0.1, -0.05) is 36.4 Å². The highest BCUT2D eigenvalue weighted by molar-refractivity contribution is 7.09. The highest BCUT2D eigenvalue weighted by atomic mass is 32.1. The van der Waals surface area contributed by atoms with Crippen molar-refractivity contribution in [3.63, 3.8) is 0 Å². The van der Waals surface area contributed by atoms with E-state index in [1.54, 1.807) is 6.20 Å². The van der Waals surface area contributed by atoms with Crippen LogP contribution in [0.3, 0.4) is 0 Å². The average Bonchev–Trinajstić information content (AvgIpc) is 3.06. The van der Waals surface area contributed by atoms with E-state index in [4.69, 9.17) is 0 Å². The Kier molecular flexibility index (Phi) is 5.01. The van der Waals surface area contributed by atoms with Gasteiger partial charge >= 0.3 is 0 Å². The van der Waals surface area contributed by atoms with Crippen LogP contribution < -0.4 is 0 Å². The summed E-state index contributed by atoms with van der Waals surface area (Å²) in [6, 6.07) is 15.6. The van der Waals surface area contributed by atoms with E-state index in [1.165, 1.54) is 11.3 Å². The van der Waals surface area contributed by atoms with Crippen molar-refractivity contribution >= 4 is 17.2 Å². The van der Waals surface area contributed by atoms with Gasteiger partial charge in [0.1, 0.15) is 5.69 Å². The Morgan fingerprint density at radius 1 is 1.17 bits per heavy atom. The first kappa shape index (κ1) is 16.3. The largest absolute Gasteiger partial charge is 0.325 e. The molecular weight excluding hydrogens is 318 g/mol. The van der Waals surface area contributed by atoms with Gasteiger partial charge in [0.05, 0.1) is 16.7 Å². The van der Waals surface area contributed by atoms with Gasteiger partial charge in [-0.3, -0.25) is 9.78 Å². The number of benzene rings is 1. The maximum Gasteiger partial charge on any atom is 0.274 e. The van der Waals surface area contributed by atoms with Crippen molar-refractivity contribution in [2.24, 2.45) is 0 Å². The molecule has 122 valence electrons. The molecule has 0 bridgehead atoms. The van der Waals surface area contributed by atoms with Gasteiger partial charge in [-0.2, -0.15) is 0 Å². The lowest BCUT2D eigenvalue weighted by atomic mass is 10.1. The van der Waals surface area contributed by atoms with Crippen molar-refractivity contribution < 1.29 is 4.79 Å². The van der Waals surface area contributed by atoms with E-state index in [1.807, 2.05) is 72.7 Å². The fourth-order valence-corrected chi connectivity index (χ4v) is 3.14. The van der Waals surface area contributed by atoms with Gasteiger partial charge in [-0.15, -0.1) is 11.3 Å². The van der Waals surface area contributed by atoms with E-state index in [0.29, 0.717) is 12.2 Å². The minimum absolute atomic E-state index is 0.0682. The number of amides is 1. The monoisotopic (exact) mass is 337 g/mol. The number of carbonyl (C=O) groups excluding carboxylic acids is 1. The van der Waals surface area contributed by atoms with Crippen LogP contribution in [0.25, 0.3) is 0 Å². The lowest BCUT2D eigenvalue weighted by molar-refractivity contribution is 0.0665. The Morgan fingerprint density at radius 2 is 1.92 bits per heavy atom. The van der Waals surface area contributed by atoms with Crippen molar-refractivity contribution in [1.82, 2.24) is 14.9 Å². The molecule has 0 unspecified atom stereocenters. The minimum atomic E-state index is -0.138. The second-order valence-electron chi connectivity index (χ2n) is 5.60. The zero-order valence-electron chi connectivity index (χ0n) is 13.7. The van der Waals surface area contributed by atoms with Crippen molar-refractivity contribution in [2.45, 2.75) is 26.4 Å². The maximum atomic E-state index is 13.0. The lowest BCUT2D eigenvalue weighted by Gasteiger charge is -2.28. The van der Waals surface area contributed by atoms with Crippen molar-refractivity contribution in [3.05, 3.63) is 82.1 Å². The zero-order valence-corrected chi connectivity index (χ0v) is 14.5. The molecule has 1 amide bonds. The average molecular weight is 337 g/mol. The Bertz CT molecular complexity index is 802. The smallest absolute Gasteiger partial charge is 0.274 e. The predicted molar refractivity (Wildman–Crippen MR) is 95.8 cm³/mol. The van der Waals surface area contributed by atoms with Gasteiger partial charge in [0, 0.05) is 18.1 Å². The fourth-order valence-electron chi connectivity index (χ4n) is 2.56. The van der Waals surface area contributed by atoms with Crippen LogP contribution in [0.1, 0.15) is 39.7 Å². The maximum absolute atomic E-state index is 13.0. The summed E-state index contributed by atoms with van der Waals surface area (Å²) in [5.41, 5.74) is 2.45. The molecule has 5 heteroatoms. The zero-order chi connectivity index (χ0) is 16.9. The molecule has 1 atom stereocenters. The number of hydrogen-bond donors (Lipinski definition) is 0. The summed E-state index contributed by atoms with van der Waals surface area (Å²) in [7, 11) is 0. The molecule has 0 N–H and O–H groups in total. The fraction of sp³-hybridized carbons (Fsp3) is 0.211. The summed E-state index contributed by atoms with van der Waals surface area (Å²) in [5.74, 6) is -0.0682. The topological polar surface area (TPSA) is 46.1 Å². The van der Waals surface area contributed by atoms with Gasteiger partial charge in [-0.05, 0) is 31.5 Å². The number of carbonyl (C=O) groups is 1. The van der Waals surface area contributed by atoms with Crippen molar-refractivity contribution in [3.8, 4) is 0 Å². The van der Waals surface area contributed by atoms with E-state index >= 15 is 0 Å². The summed E-state index contributed by atoms with van der Waals surface area (Å²) in [4.78, 5) is 23.6. The summed E-state index contributed by atoms with van der Waals surface area (Å²) < 4.78 is 0. The van der Waals surface area contributed by atoms with Crippen LogP contribution in [-0.2, 0) is 6.54 Å². The highest BCUT2D eigenvalue weighted by Crippen LogP contribution is 2.23. The molecule has 3 rings (SSSR count). The molecule has 2 aromatic heterocycles. The van der Waals surface area contributed by atoms with Gasteiger partial charge in [0.25, 0.3) is 5.91 Å². The molecule has 0 spiro atoms. The van der Waals surface area contributed by atoms with Crippen LogP contribution in [0, 0.1) is 6.92 Å². The number of aryl methyl sites for hydroxylation is 1. The van der Waals surface area contributed by atoms with Crippen LogP contribution in [0.2, 0.25) is 0 Å². The number of rotatable bonds is 5. The number of hydrogen-bond acceptors (Lipinski definition) is 4. The lowest BCUT2D eigenvalue weighted by Crippen LogP contribution is -2.33. The summed E-state index contributed by atoms with van der Waals surface area (Å²) >= 11 is 1.49. The number of pyridine rings is 1. The number of thiazole rings is 1. The van der Waals surface area contributed by atoms with Gasteiger partial charge in [0.2, 0.25) is 0 Å². The number of nitrogens with zero attached hydrogens (tertiary/aromatic N) is 3. The molecule has 0 aliphatic rings. The van der Waals surface area contributed by atoms with Crippen molar-refractivity contribution in [1.29, 1.82) is 0 Å².